The molecule has 0 spiro atoms. The average molecular weight is 367 g/mol. The van der Waals surface area contributed by atoms with Crippen molar-refractivity contribution in [1.29, 1.82) is 5.26 Å². The minimum Gasteiger partial charge on any atom is -0.497 e. The first-order valence-electron chi connectivity index (χ1n) is 8.35. The Hall–Kier alpha value is -2.62. The second-order valence-electron chi connectivity index (χ2n) is 5.94. The van der Waals surface area contributed by atoms with E-state index in [9.17, 15) is 9.47 Å². The minimum absolute atomic E-state index is 0.513. The van der Waals surface area contributed by atoms with Gasteiger partial charge < -0.3 is 9.30 Å². The maximum Gasteiger partial charge on any atom is 0.120 e. The first-order chi connectivity index (χ1) is 12.6. The van der Waals surface area contributed by atoms with Crippen LogP contribution in [-0.2, 0) is 24.1 Å². The first-order valence-corrected chi connectivity index (χ1v) is 9.91. The third kappa shape index (κ3) is 3.36. The van der Waals surface area contributed by atoms with E-state index >= 15 is 0 Å². The number of nitrogens with one attached hydrogen (secondary N) is 1. The van der Waals surface area contributed by atoms with Crippen molar-refractivity contribution >= 4 is 21.9 Å². The molecule has 5 nitrogen and oxygen atoms in total. The Morgan fingerprint density at radius 1 is 1.27 bits per heavy atom. The van der Waals surface area contributed by atoms with Crippen LogP contribution in [0.1, 0.15) is 18.1 Å². The van der Waals surface area contributed by atoms with E-state index in [2.05, 4.69) is 22.3 Å². The lowest BCUT2D eigenvalue weighted by Crippen LogP contribution is -2.14. The van der Waals surface area contributed by atoms with Gasteiger partial charge in [-0.2, -0.15) is 5.26 Å². The predicted octanol–water partition coefficient (Wildman–Crippen LogP) is 3.59. The predicted molar refractivity (Wildman–Crippen MR) is 105 cm³/mol. The molecule has 0 amide bonds. The van der Waals surface area contributed by atoms with Gasteiger partial charge in [0.05, 0.1) is 34.9 Å². The van der Waals surface area contributed by atoms with Gasteiger partial charge in [-0.3, -0.25) is 0 Å². The summed E-state index contributed by atoms with van der Waals surface area (Å²) in [6.45, 7) is 3.32. The second kappa shape index (κ2) is 7.73. The molecule has 134 valence electrons. The Morgan fingerprint density at radius 3 is 2.73 bits per heavy atom. The summed E-state index contributed by atoms with van der Waals surface area (Å²) in [5.74, 6) is 0.768. The molecular weight excluding hydrogens is 346 g/mol. The third-order valence-corrected chi connectivity index (χ3v) is 4.93. The van der Waals surface area contributed by atoms with Crippen molar-refractivity contribution in [2.75, 3.05) is 13.4 Å². The van der Waals surface area contributed by atoms with Crippen molar-refractivity contribution in [3.8, 4) is 23.1 Å². The number of methoxy groups -OCH3 is 1. The maximum atomic E-state index is 11.3. The lowest BCUT2D eigenvalue weighted by molar-refractivity contribution is 0.415. The van der Waals surface area contributed by atoms with Crippen molar-refractivity contribution in [3.63, 3.8) is 0 Å². The summed E-state index contributed by atoms with van der Waals surface area (Å²) in [4.78, 5) is 0. The molecule has 0 aliphatic carbocycles. The minimum atomic E-state index is -1.07. The second-order valence-corrected chi connectivity index (χ2v) is 7.14. The number of aryl methyl sites for hydroxylation is 1. The van der Waals surface area contributed by atoms with Crippen LogP contribution in [0, 0.1) is 11.3 Å². The SMILES string of the molecule is CCn1c(-c2cccc(CNS(C)=O)c2)c(C#N)c2ccc(OC)cc21. The van der Waals surface area contributed by atoms with E-state index in [1.165, 1.54) is 0 Å². The number of aromatic nitrogens is 1. The normalized spacial score (nSPS) is 12.1. The number of rotatable bonds is 6. The van der Waals surface area contributed by atoms with E-state index in [-0.39, 0.29) is 0 Å². The van der Waals surface area contributed by atoms with Gasteiger partial charge in [-0.1, -0.05) is 18.2 Å². The number of hydrogen-bond donors (Lipinski definition) is 1. The highest BCUT2D eigenvalue weighted by molar-refractivity contribution is 7.82. The van der Waals surface area contributed by atoms with Crippen LogP contribution in [0.15, 0.2) is 42.5 Å². The van der Waals surface area contributed by atoms with Crippen LogP contribution in [0.4, 0.5) is 0 Å². The summed E-state index contributed by atoms with van der Waals surface area (Å²) in [6, 6.07) is 16.1. The molecule has 1 N–H and O–H groups in total. The van der Waals surface area contributed by atoms with Gasteiger partial charge >= 0.3 is 0 Å². The molecule has 6 heteroatoms. The Morgan fingerprint density at radius 2 is 2.08 bits per heavy atom. The van der Waals surface area contributed by atoms with Crippen molar-refractivity contribution < 1.29 is 8.95 Å². The zero-order valence-corrected chi connectivity index (χ0v) is 15.9. The van der Waals surface area contributed by atoms with E-state index in [0.29, 0.717) is 12.1 Å². The summed E-state index contributed by atoms with van der Waals surface area (Å²) < 4.78 is 21.7. The summed E-state index contributed by atoms with van der Waals surface area (Å²) in [5, 5.41) is 10.7. The van der Waals surface area contributed by atoms with Crippen molar-refractivity contribution in [3.05, 3.63) is 53.6 Å². The van der Waals surface area contributed by atoms with Gasteiger partial charge in [-0.25, -0.2) is 8.93 Å². The standard InChI is InChI=1S/C20H21N3O2S/c1-4-23-19-11-16(25-2)8-9-17(19)18(12-21)20(23)15-7-5-6-14(10-15)13-22-26(3)24/h5-11,22H,4,13H2,1-3H3. The Bertz CT molecular complexity index is 1020. The summed E-state index contributed by atoms with van der Waals surface area (Å²) in [5.41, 5.74) is 4.54. The fraction of sp³-hybridized carbons (Fsp3) is 0.250. The van der Waals surface area contributed by atoms with E-state index in [1.807, 2.05) is 42.5 Å². The Labute approximate surface area is 155 Å². The van der Waals surface area contributed by atoms with Crippen LogP contribution in [0.2, 0.25) is 0 Å². The smallest absolute Gasteiger partial charge is 0.120 e. The third-order valence-electron chi connectivity index (χ3n) is 4.38. The van der Waals surface area contributed by atoms with E-state index in [4.69, 9.17) is 4.74 Å². The summed E-state index contributed by atoms with van der Waals surface area (Å²) in [7, 11) is 0.573. The van der Waals surface area contributed by atoms with E-state index in [0.717, 1.165) is 40.0 Å². The highest BCUT2D eigenvalue weighted by Gasteiger charge is 2.18. The zero-order valence-electron chi connectivity index (χ0n) is 15.1. The Balaban J connectivity index is 2.20. The molecule has 0 saturated heterocycles. The zero-order chi connectivity index (χ0) is 18.7. The molecule has 3 aromatic rings. The topological polar surface area (TPSA) is 67.0 Å². The number of benzene rings is 2. The fourth-order valence-electron chi connectivity index (χ4n) is 3.21. The van der Waals surface area contributed by atoms with Gasteiger partial charge in [0.15, 0.2) is 0 Å². The molecule has 0 bridgehead atoms. The van der Waals surface area contributed by atoms with Crippen LogP contribution >= 0.6 is 0 Å². The molecule has 0 fully saturated rings. The van der Waals surface area contributed by atoms with Crippen LogP contribution < -0.4 is 9.46 Å². The number of nitrogens with zero attached hydrogens (tertiary/aromatic N) is 2. The lowest BCUT2D eigenvalue weighted by atomic mass is 10.0. The first kappa shape index (κ1) is 18.2. The number of nitriles is 1. The molecule has 3 rings (SSSR count). The monoisotopic (exact) mass is 367 g/mol. The molecule has 0 aliphatic heterocycles. The maximum absolute atomic E-state index is 11.3. The lowest BCUT2D eigenvalue weighted by Gasteiger charge is -2.11. The number of fused-ring (bicyclic) bond motifs is 1. The van der Waals surface area contributed by atoms with Crippen LogP contribution in [0.25, 0.3) is 22.2 Å². The fourth-order valence-corrected chi connectivity index (χ4v) is 3.58. The van der Waals surface area contributed by atoms with Gasteiger partial charge in [0.1, 0.15) is 11.8 Å². The van der Waals surface area contributed by atoms with Crippen molar-refractivity contribution in [2.45, 2.75) is 20.0 Å². The molecule has 0 aliphatic rings. The molecular formula is C20H21N3O2S. The van der Waals surface area contributed by atoms with Crippen LogP contribution in [-0.4, -0.2) is 22.1 Å². The average Bonchev–Trinajstić information content (AvgIpc) is 2.99. The van der Waals surface area contributed by atoms with Crippen molar-refractivity contribution in [1.82, 2.24) is 9.29 Å². The summed E-state index contributed by atoms with van der Waals surface area (Å²) in [6.07, 6.45) is 1.61. The van der Waals surface area contributed by atoms with Gasteiger partial charge in [0.25, 0.3) is 0 Å². The Kier molecular flexibility index (Phi) is 5.40. The molecule has 2 aromatic carbocycles. The molecule has 1 atom stereocenters. The molecule has 1 unspecified atom stereocenters. The highest BCUT2D eigenvalue weighted by atomic mass is 32.2. The molecule has 1 heterocycles. The molecule has 0 saturated carbocycles. The van der Waals surface area contributed by atoms with Crippen LogP contribution in [0.5, 0.6) is 5.75 Å². The highest BCUT2D eigenvalue weighted by Crippen LogP contribution is 2.35. The van der Waals surface area contributed by atoms with Crippen LogP contribution in [0.3, 0.4) is 0 Å². The van der Waals surface area contributed by atoms with Gasteiger partial charge in [0.2, 0.25) is 0 Å². The summed E-state index contributed by atoms with van der Waals surface area (Å²) >= 11 is 0. The molecule has 0 radical (unpaired) electrons. The van der Waals surface area contributed by atoms with Gasteiger partial charge in [-0.15, -0.1) is 0 Å². The molecule has 26 heavy (non-hydrogen) atoms. The van der Waals surface area contributed by atoms with Crippen molar-refractivity contribution in [2.24, 2.45) is 0 Å². The number of ether oxygens (including phenoxy) is 1. The quantitative estimate of drug-likeness (QED) is 0.724. The van der Waals surface area contributed by atoms with E-state index in [1.54, 1.807) is 13.4 Å². The van der Waals surface area contributed by atoms with Gasteiger partial charge in [-0.05, 0) is 36.2 Å². The largest absolute Gasteiger partial charge is 0.497 e. The van der Waals surface area contributed by atoms with Gasteiger partial charge in [0, 0.05) is 30.8 Å². The van der Waals surface area contributed by atoms with E-state index < -0.39 is 11.0 Å². The molecule has 1 aromatic heterocycles. The number of hydrogen-bond acceptors (Lipinski definition) is 3.